The number of hydrogen-bond donors (Lipinski definition) is 1. The molecule has 0 aliphatic carbocycles. The predicted octanol–water partition coefficient (Wildman–Crippen LogP) is 3.56. The minimum Gasteiger partial charge on any atom is -0.385 e. The highest BCUT2D eigenvalue weighted by atomic mass is 16.3. The molecule has 0 radical (unpaired) electrons. The van der Waals surface area contributed by atoms with Crippen molar-refractivity contribution in [3.05, 3.63) is 34.9 Å². The molecule has 0 aromatic heterocycles. The Balaban J connectivity index is 3.20. The molecule has 0 saturated carbocycles. The van der Waals surface area contributed by atoms with Gasteiger partial charge in [-0.05, 0) is 43.4 Å². The van der Waals surface area contributed by atoms with E-state index in [1.807, 2.05) is 19.1 Å². The van der Waals surface area contributed by atoms with Crippen molar-refractivity contribution in [1.82, 2.24) is 0 Å². The maximum absolute atomic E-state index is 10.6. The van der Waals surface area contributed by atoms with E-state index in [0.717, 1.165) is 12.0 Å². The molecule has 1 aromatic rings. The molecule has 0 amide bonds. The van der Waals surface area contributed by atoms with Gasteiger partial charge in [-0.15, -0.1) is 0 Å². The Hall–Kier alpha value is -0.820. The number of benzene rings is 1. The Bertz CT molecular complexity index is 339. The highest BCUT2D eigenvalue weighted by Gasteiger charge is 2.30. The predicted molar refractivity (Wildman–Crippen MR) is 64.9 cm³/mol. The molecule has 1 nitrogen and oxygen atoms in total. The number of hydrogen-bond acceptors (Lipinski definition) is 1. The second kappa shape index (κ2) is 4.36. The van der Waals surface area contributed by atoms with Gasteiger partial charge in [0.2, 0.25) is 0 Å². The summed E-state index contributed by atoms with van der Waals surface area (Å²) in [5, 5.41) is 10.6. The summed E-state index contributed by atoms with van der Waals surface area (Å²) in [5.74, 6) is 0.276. The maximum atomic E-state index is 10.6. The number of rotatable bonds is 3. The fraction of sp³-hybridized carbons (Fsp3) is 0.571. The van der Waals surface area contributed by atoms with E-state index in [-0.39, 0.29) is 5.92 Å². The van der Waals surface area contributed by atoms with Gasteiger partial charge in [0, 0.05) is 0 Å². The molecule has 0 bridgehead atoms. The molecule has 1 heteroatoms. The molecule has 0 spiro atoms. The van der Waals surface area contributed by atoms with Gasteiger partial charge in [0.25, 0.3) is 0 Å². The van der Waals surface area contributed by atoms with Crippen molar-refractivity contribution >= 4 is 0 Å². The highest BCUT2D eigenvalue weighted by Crippen LogP contribution is 2.33. The van der Waals surface area contributed by atoms with Crippen LogP contribution >= 0.6 is 0 Å². The summed E-state index contributed by atoms with van der Waals surface area (Å²) in [6.45, 7) is 10.3. The molecule has 2 atom stereocenters. The van der Waals surface area contributed by atoms with Crippen molar-refractivity contribution in [2.24, 2.45) is 5.92 Å². The van der Waals surface area contributed by atoms with Gasteiger partial charge in [-0.3, -0.25) is 0 Å². The number of aliphatic hydroxyl groups is 1. The van der Waals surface area contributed by atoms with E-state index < -0.39 is 5.60 Å². The Morgan fingerprint density at radius 2 is 1.93 bits per heavy atom. The molecule has 1 aromatic carbocycles. The average molecular weight is 206 g/mol. The van der Waals surface area contributed by atoms with Crippen molar-refractivity contribution in [2.45, 2.75) is 46.6 Å². The van der Waals surface area contributed by atoms with Crippen LogP contribution in [0, 0.1) is 19.8 Å². The molecule has 15 heavy (non-hydrogen) atoms. The first-order valence-corrected chi connectivity index (χ1v) is 5.70. The zero-order valence-corrected chi connectivity index (χ0v) is 10.5. The molecule has 0 heterocycles. The van der Waals surface area contributed by atoms with Crippen LogP contribution < -0.4 is 0 Å². The van der Waals surface area contributed by atoms with E-state index >= 15 is 0 Å². The normalized spacial score (nSPS) is 17.2. The largest absolute Gasteiger partial charge is 0.385 e. The highest BCUT2D eigenvalue weighted by molar-refractivity contribution is 5.37. The summed E-state index contributed by atoms with van der Waals surface area (Å²) in [4.78, 5) is 0. The SMILES string of the molecule is CCC(C)C(C)(O)c1cccc(C)c1C. The molecule has 0 saturated heterocycles. The third kappa shape index (κ3) is 2.23. The minimum absolute atomic E-state index is 0.276. The van der Waals surface area contributed by atoms with Gasteiger partial charge >= 0.3 is 0 Å². The fourth-order valence-corrected chi connectivity index (χ4v) is 1.96. The lowest BCUT2D eigenvalue weighted by Gasteiger charge is -2.32. The lowest BCUT2D eigenvalue weighted by Crippen LogP contribution is -2.30. The Morgan fingerprint density at radius 1 is 1.33 bits per heavy atom. The summed E-state index contributed by atoms with van der Waals surface area (Å²) in [5.41, 5.74) is 2.81. The minimum atomic E-state index is -0.717. The van der Waals surface area contributed by atoms with Gasteiger partial charge in [-0.2, -0.15) is 0 Å². The fourth-order valence-electron chi connectivity index (χ4n) is 1.96. The van der Waals surface area contributed by atoms with Crippen LogP contribution in [-0.4, -0.2) is 5.11 Å². The lowest BCUT2D eigenvalue weighted by molar-refractivity contribution is -0.000592. The van der Waals surface area contributed by atoms with Crippen LogP contribution in [0.2, 0.25) is 0 Å². The van der Waals surface area contributed by atoms with E-state index in [2.05, 4.69) is 33.8 Å². The third-order valence-corrected chi connectivity index (χ3v) is 3.72. The molecule has 84 valence electrons. The average Bonchev–Trinajstić information content (AvgIpc) is 2.20. The Labute approximate surface area is 93.1 Å². The summed E-state index contributed by atoms with van der Waals surface area (Å²) < 4.78 is 0. The molecule has 0 fully saturated rings. The Morgan fingerprint density at radius 3 is 2.47 bits per heavy atom. The zero-order chi connectivity index (χ0) is 11.6. The second-order valence-corrected chi connectivity index (χ2v) is 4.70. The molecular weight excluding hydrogens is 184 g/mol. The van der Waals surface area contributed by atoms with E-state index in [1.165, 1.54) is 11.1 Å². The van der Waals surface area contributed by atoms with Crippen LogP contribution in [-0.2, 0) is 5.60 Å². The quantitative estimate of drug-likeness (QED) is 0.801. The molecule has 0 aliphatic heterocycles. The number of aryl methyl sites for hydroxylation is 1. The van der Waals surface area contributed by atoms with Crippen LogP contribution in [0.3, 0.4) is 0 Å². The molecule has 2 unspecified atom stereocenters. The zero-order valence-electron chi connectivity index (χ0n) is 10.5. The van der Waals surface area contributed by atoms with Crippen molar-refractivity contribution in [3.63, 3.8) is 0 Å². The third-order valence-electron chi connectivity index (χ3n) is 3.72. The van der Waals surface area contributed by atoms with E-state index in [9.17, 15) is 5.11 Å². The summed E-state index contributed by atoms with van der Waals surface area (Å²) in [6, 6.07) is 6.15. The van der Waals surface area contributed by atoms with Gasteiger partial charge in [0.15, 0.2) is 0 Å². The first-order chi connectivity index (χ1) is 6.91. The monoisotopic (exact) mass is 206 g/mol. The topological polar surface area (TPSA) is 20.2 Å². The van der Waals surface area contributed by atoms with Gasteiger partial charge in [0.05, 0.1) is 5.60 Å². The maximum Gasteiger partial charge on any atom is 0.0896 e. The first kappa shape index (κ1) is 12.3. The van der Waals surface area contributed by atoms with Crippen LogP contribution in [0.25, 0.3) is 0 Å². The molecule has 1 rings (SSSR count). The van der Waals surface area contributed by atoms with Crippen molar-refractivity contribution < 1.29 is 5.11 Å². The van der Waals surface area contributed by atoms with Crippen LogP contribution in [0.15, 0.2) is 18.2 Å². The van der Waals surface area contributed by atoms with E-state index in [0.29, 0.717) is 0 Å². The summed E-state index contributed by atoms with van der Waals surface area (Å²) in [6.07, 6.45) is 0.986. The van der Waals surface area contributed by atoms with Crippen molar-refractivity contribution in [2.75, 3.05) is 0 Å². The van der Waals surface area contributed by atoms with Gasteiger partial charge in [0.1, 0.15) is 0 Å². The van der Waals surface area contributed by atoms with Crippen LogP contribution in [0.1, 0.15) is 43.9 Å². The summed E-state index contributed by atoms with van der Waals surface area (Å²) in [7, 11) is 0. The Kier molecular flexibility index (Phi) is 3.56. The van der Waals surface area contributed by atoms with Gasteiger partial charge in [-0.25, -0.2) is 0 Å². The first-order valence-electron chi connectivity index (χ1n) is 5.70. The molecule has 0 aliphatic rings. The standard InChI is InChI=1S/C14H22O/c1-6-11(3)14(5,15)13-9-7-8-10(2)12(13)4/h7-9,11,15H,6H2,1-5H3. The van der Waals surface area contributed by atoms with E-state index in [1.54, 1.807) is 0 Å². The summed E-state index contributed by atoms with van der Waals surface area (Å²) >= 11 is 0. The van der Waals surface area contributed by atoms with Crippen molar-refractivity contribution in [3.8, 4) is 0 Å². The van der Waals surface area contributed by atoms with Gasteiger partial charge < -0.3 is 5.11 Å². The molecule has 1 N–H and O–H groups in total. The lowest BCUT2D eigenvalue weighted by atomic mass is 9.80. The smallest absolute Gasteiger partial charge is 0.0896 e. The van der Waals surface area contributed by atoms with Crippen molar-refractivity contribution in [1.29, 1.82) is 0 Å². The molecular formula is C14H22O. The van der Waals surface area contributed by atoms with E-state index in [4.69, 9.17) is 0 Å². The second-order valence-electron chi connectivity index (χ2n) is 4.70. The van der Waals surface area contributed by atoms with Gasteiger partial charge in [-0.1, -0.05) is 38.5 Å². The van der Waals surface area contributed by atoms with Crippen LogP contribution in [0.5, 0.6) is 0 Å². The van der Waals surface area contributed by atoms with Crippen LogP contribution in [0.4, 0.5) is 0 Å².